The third-order valence-electron chi connectivity index (χ3n) is 6.05. The highest BCUT2D eigenvalue weighted by molar-refractivity contribution is 6.00. The van der Waals surface area contributed by atoms with Gasteiger partial charge in [0.2, 0.25) is 5.91 Å². The summed E-state index contributed by atoms with van der Waals surface area (Å²) in [4.78, 5) is 16.9. The van der Waals surface area contributed by atoms with Crippen LogP contribution in [0.2, 0.25) is 0 Å². The Labute approximate surface area is 198 Å². The van der Waals surface area contributed by atoms with Crippen molar-refractivity contribution in [3.05, 3.63) is 84.4 Å². The van der Waals surface area contributed by atoms with Crippen LogP contribution in [0, 0.1) is 11.3 Å². The summed E-state index contributed by atoms with van der Waals surface area (Å²) in [6, 6.07) is 27.4. The summed E-state index contributed by atoms with van der Waals surface area (Å²) in [5, 5.41) is 23.2. The average Bonchev–Trinajstić information content (AvgIpc) is 2.89. The summed E-state index contributed by atoms with van der Waals surface area (Å²) >= 11 is 0. The summed E-state index contributed by atoms with van der Waals surface area (Å²) in [5.41, 5.74) is 3.21. The van der Waals surface area contributed by atoms with Crippen LogP contribution in [-0.4, -0.2) is 53.7 Å². The fourth-order valence-corrected chi connectivity index (χ4v) is 4.28. The number of carbonyl (C=O) groups is 1. The van der Waals surface area contributed by atoms with E-state index in [1.165, 1.54) is 0 Å². The molecule has 0 spiro atoms. The highest BCUT2D eigenvalue weighted by Crippen LogP contribution is 2.31. The lowest BCUT2D eigenvalue weighted by Crippen LogP contribution is -2.49. The Hall–Kier alpha value is -4.28. The monoisotopic (exact) mass is 448 g/mol. The molecular formula is C27H24N6O. The smallest absolute Gasteiger partial charge is 0.238 e. The number of nitrogens with one attached hydrogen (secondary N) is 1. The Balaban J connectivity index is 1.25. The van der Waals surface area contributed by atoms with Gasteiger partial charge in [-0.05, 0) is 24.3 Å². The number of nitriles is 1. The lowest BCUT2D eigenvalue weighted by atomic mass is 10.0. The van der Waals surface area contributed by atoms with Crippen molar-refractivity contribution < 1.29 is 4.79 Å². The van der Waals surface area contributed by atoms with Gasteiger partial charge in [-0.1, -0.05) is 54.6 Å². The van der Waals surface area contributed by atoms with Crippen LogP contribution in [0.15, 0.2) is 78.9 Å². The van der Waals surface area contributed by atoms with Crippen LogP contribution < -0.4 is 10.2 Å². The number of aromatic nitrogens is 2. The molecule has 7 nitrogen and oxygen atoms in total. The summed E-state index contributed by atoms with van der Waals surface area (Å²) in [7, 11) is 0. The molecule has 34 heavy (non-hydrogen) atoms. The number of rotatable bonds is 5. The second kappa shape index (κ2) is 9.69. The van der Waals surface area contributed by atoms with Crippen molar-refractivity contribution in [1.82, 2.24) is 15.1 Å². The minimum absolute atomic E-state index is 0.0596. The van der Waals surface area contributed by atoms with Crippen LogP contribution >= 0.6 is 0 Å². The maximum Gasteiger partial charge on any atom is 0.238 e. The van der Waals surface area contributed by atoms with Gasteiger partial charge in [0.1, 0.15) is 5.69 Å². The molecule has 0 atom stereocenters. The van der Waals surface area contributed by atoms with E-state index in [1.54, 1.807) is 24.3 Å². The third-order valence-corrected chi connectivity index (χ3v) is 6.05. The number of anilines is 2. The van der Waals surface area contributed by atoms with Gasteiger partial charge in [0.05, 0.1) is 18.2 Å². The molecule has 0 aliphatic carbocycles. The van der Waals surface area contributed by atoms with E-state index in [1.807, 2.05) is 30.3 Å². The Kier molecular flexibility index (Phi) is 6.15. The molecule has 2 heterocycles. The molecule has 0 unspecified atom stereocenters. The van der Waals surface area contributed by atoms with Gasteiger partial charge in [-0.3, -0.25) is 9.69 Å². The zero-order chi connectivity index (χ0) is 23.3. The van der Waals surface area contributed by atoms with Crippen molar-refractivity contribution in [3.8, 4) is 17.3 Å². The molecule has 4 aromatic rings. The van der Waals surface area contributed by atoms with Crippen LogP contribution in [0.25, 0.3) is 22.0 Å². The highest BCUT2D eigenvalue weighted by atomic mass is 16.2. The number of fused-ring (bicyclic) bond motifs is 1. The molecule has 5 rings (SSSR count). The molecule has 1 fully saturated rings. The van der Waals surface area contributed by atoms with Gasteiger partial charge in [0, 0.05) is 48.2 Å². The van der Waals surface area contributed by atoms with Gasteiger partial charge >= 0.3 is 0 Å². The molecule has 1 N–H and O–H groups in total. The number of amides is 1. The van der Waals surface area contributed by atoms with E-state index in [9.17, 15) is 4.79 Å². The maximum absolute atomic E-state index is 12.5. The zero-order valence-electron chi connectivity index (χ0n) is 18.7. The summed E-state index contributed by atoms with van der Waals surface area (Å²) in [5.74, 6) is 0.826. The number of benzene rings is 3. The van der Waals surface area contributed by atoms with Crippen LogP contribution in [0.5, 0.6) is 0 Å². The second-order valence-electron chi connectivity index (χ2n) is 8.28. The maximum atomic E-state index is 12.5. The molecule has 3 aromatic carbocycles. The molecule has 168 valence electrons. The molecule has 0 radical (unpaired) electrons. The van der Waals surface area contributed by atoms with Crippen LogP contribution in [0.4, 0.5) is 11.5 Å². The van der Waals surface area contributed by atoms with Crippen molar-refractivity contribution in [2.24, 2.45) is 0 Å². The van der Waals surface area contributed by atoms with E-state index in [0.717, 1.165) is 54.0 Å². The average molecular weight is 449 g/mol. The number of hydrogen-bond donors (Lipinski definition) is 1. The van der Waals surface area contributed by atoms with E-state index in [0.29, 0.717) is 17.8 Å². The molecule has 1 amide bonds. The molecular weight excluding hydrogens is 424 g/mol. The topological polar surface area (TPSA) is 85.2 Å². The Morgan fingerprint density at radius 2 is 1.53 bits per heavy atom. The molecule has 1 aliphatic rings. The lowest BCUT2D eigenvalue weighted by Gasteiger charge is -2.35. The lowest BCUT2D eigenvalue weighted by molar-refractivity contribution is -0.117. The fourth-order valence-electron chi connectivity index (χ4n) is 4.28. The largest absolute Gasteiger partial charge is 0.352 e. The van der Waals surface area contributed by atoms with Crippen molar-refractivity contribution in [3.63, 3.8) is 0 Å². The SMILES string of the molecule is N#Cc1ccc(NC(=O)CN2CCN(c3nnc(-c4ccccc4)c4ccccc34)CC2)cc1. The minimum atomic E-state index is -0.0596. The van der Waals surface area contributed by atoms with Crippen LogP contribution in [0.3, 0.4) is 0 Å². The molecule has 0 bridgehead atoms. The van der Waals surface area contributed by atoms with E-state index < -0.39 is 0 Å². The fraction of sp³-hybridized carbons (Fsp3) is 0.185. The molecule has 0 saturated carbocycles. The first-order valence-corrected chi connectivity index (χ1v) is 11.3. The Morgan fingerprint density at radius 3 is 2.24 bits per heavy atom. The number of hydrogen-bond acceptors (Lipinski definition) is 6. The summed E-state index contributed by atoms with van der Waals surface area (Å²) in [6.45, 7) is 3.39. The molecule has 1 aliphatic heterocycles. The van der Waals surface area contributed by atoms with Crippen molar-refractivity contribution in [2.45, 2.75) is 0 Å². The van der Waals surface area contributed by atoms with Gasteiger partial charge in [-0.25, -0.2) is 0 Å². The van der Waals surface area contributed by atoms with Crippen molar-refractivity contribution in [2.75, 3.05) is 42.9 Å². The van der Waals surface area contributed by atoms with Crippen molar-refractivity contribution in [1.29, 1.82) is 5.26 Å². The highest BCUT2D eigenvalue weighted by Gasteiger charge is 2.22. The number of piperazine rings is 1. The first-order valence-electron chi connectivity index (χ1n) is 11.3. The summed E-state index contributed by atoms with van der Waals surface area (Å²) < 4.78 is 0. The number of nitrogens with zero attached hydrogens (tertiary/aromatic N) is 5. The van der Waals surface area contributed by atoms with Gasteiger partial charge in [0.25, 0.3) is 0 Å². The summed E-state index contributed by atoms with van der Waals surface area (Å²) in [6.07, 6.45) is 0. The van der Waals surface area contributed by atoms with E-state index in [4.69, 9.17) is 5.26 Å². The second-order valence-corrected chi connectivity index (χ2v) is 8.28. The first-order chi connectivity index (χ1) is 16.7. The molecule has 7 heteroatoms. The van der Waals surface area contributed by atoms with Gasteiger partial charge in [0.15, 0.2) is 5.82 Å². The molecule has 1 aromatic heterocycles. The van der Waals surface area contributed by atoms with Crippen LogP contribution in [0.1, 0.15) is 5.56 Å². The first kappa shape index (κ1) is 21.6. The standard InChI is InChI=1S/C27H24N6O/c28-18-20-10-12-22(13-11-20)29-25(34)19-32-14-16-33(17-15-32)27-24-9-5-4-8-23(24)26(30-31-27)21-6-2-1-3-7-21/h1-13H,14-17,19H2,(H,29,34). The van der Waals surface area contributed by atoms with E-state index in [-0.39, 0.29) is 5.91 Å². The van der Waals surface area contributed by atoms with E-state index in [2.05, 4.69) is 55.6 Å². The van der Waals surface area contributed by atoms with Crippen molar-refractivity contribution >= 4 is 28.2 Å². The quantitative estimate of drug-likeness (QED) is 0.498. The van der Waals surface area contributed by atoms with E-state index >= 15 is 0 Å². The normalized spacial score (nSPS) is 14.0. The van der Waals surface area contributed by atoms with Gasteiger partial charge in [-0.2, -0.15) is 5.26 Å². The van der Waals surface area contributed by atoms with Crippen LogP contribution in [-0.2, 0) is 4.79 Å². The minimum Gasteiger partial charge on any atom is -0.352 e. The molecule has 1 saturated heterocycles. The Bertz CT molecular complexity index is 1340. The Morgan fingerprint density at radius 1 is 0.853 bits per heavy atom. The van der Waals surface area contributed by atoms with Gasteiger partial charge < -0.3 is 10.2 Å². The third kappa shape index (κ3) is 4.58. The number of carbonyl (C=O) groups excluding carboxylic acids is 1. The van der Waals surface area contributed by atoms with Gasteiger partial charge in [-0.15, -0.1) is 10.2 Å². The predicted molar refractivity (Wildman–Crippen MR) is 133 cm³/mol. The zero-order valence-corrected chi connectivity index (χ0v) is 18.7. The predicted octanol–water partition coefficient (Wildman–Crippen LogP) is 3.93.